The van der Waals surface area contributed by atoms with E-state index in [1.165, 1.54) is 0 Å². The molecule has 4 nitrogen and oxygen atoms in total. The number of benzene rings is 2. The van der Waals surface area contributed by atoms with E-state index in [1.54, 1.807) is 0 Å². The van der Waals surface area contributed by atoms with E-state index >= 15 is 0 Å². The standard InChI is InChI=1S/C18H18O4/c1-3-7-13(8-4-1)21-15-11-19-18-16(12-20-17(15)18)22-14-9-5-2-6-10-14/h1-10,15-18H,11-12H2/t15-,16?,17-,18?/m1/s1. The van der Waals surface area contributed by atoms with E-state index in [0.717, 1.165) is 11.5 Å². The normalized spacial score (nSPS) is 30.0. The van der Waals surface area contributed by atoms with Crippen molar-refractivity contribution in [2.45, 2.75) is 24.4 Å². The van der Waals surface area contributed by atoms with E-state index in [1.807, 2.05) is 60.7 Å². The van der Waals surface area contributed by atoms with Crippen LogP contribution in [0.2, 0.25) is 0 Å². The molecule has 2 aliphatic heterocycles. The van der Waals surface area contributed by atoms with Gasteiger partial charge < -0.3 is 18.9 Å². The van der Waals surface area contributed by atoms with Crippen molar-refractivity contribution >= 4 is 0 Å². The smallest absolute Gasteiger partial charge is 0.151 e. The van der Waals surface area contributed by atoms with Gasteiger partial charge in [-0.1, -0.05) is 36.4 Å². The molecule has 2 saturated heterocycles. The summed E-state index contributed by atoms with van der Waals surface area (Å²) in [6.45, 7) is 1.05. The predicted octanol–water partition coefficient (Wildman–Crippen LogP) is 2.68. The van der Waals surface area contributed by atoms with Crippen molar-refractivity contribution in [3.05, 3.63) is 60.7 Å². The minimum atomic E-state index is -0.0863. The van der Waals surface area contributed by atoms with Gasteiger partial charge in [-0.15, -0.1) is 0 Å². The van der Waals surface area contributed by atoms with Gasteiger partial charge in [0.1, 0.15) is 23.7 Å². The molecule has 0 N–H and O–H groups in total. The topological polar surface area (TPSA) is 36.9 Å². The molecule has 2 aromatic carbocycles. The van der Waals surface area contributed by atoms with Crippen LogP contribution in [0.5, 0.6) is 11.5 Å². The Labute approximate surface area is 129 Å². The molecule has 4 atom stereocenters. The molecule has 2 aliphatic rings. The van der Waals surface area contributed by atoms with Crippen LogP contribution < -0.4 is 9.47 Å². The summed E-state index contributed by atoms with van der Waals surface area (Å²) in [5.41, 5.74) is 0. The molecule has 2 aromatic rings. The first-order valence-corrected chi connectivity index (χ1v) is 7.57. The van der Waals surface area contributed by atoms with Crippen LogP contribution in [0, 0.1) is 0 Å². The summed E-state index contributed by atoms with van der Waals surface area (Å²) in [4.78, 5) is 0. The molecule has 0 saturated carbocycles. The molecule has 2 unspecified atom stereocenters. The Morgan fingerprint density at radius 3 is 1.45 bits per heavy atom. The molecule has 22 heavy (non-hydrogen) atoms. The van der Waals surface area contributed by atoms with Gasteiger partial charge in [-0.05, 0) is 24.3 Å². The molecular formula is C18H18O4. The highest BCUT2D eigenvalue weighted by Crippen LogP contribution is 2.32. The highest BCUT2D eigenvalue weighted by Gasteiger charge is 2.50. The lowest BCUT2D eigenvalue weighted by Gasteiger charge is -2.18. The third-order valence-electron chi connectivity index (χ3n) is 4.02. The molecule has 0 radical (unpaired) electrons. The highest BCUT2D eigenvalue weighted by molar-refractivity contribution is 5.23. The fourth-order valence-electron chi connectivity index (χ4n) is 2.98. The number of fused-ring (bicyclic) bond motifs is 1. The minimum Gasteiger partial charge on any atom is -0.485 e. The molecule has 2 fully saturated rings. The minimum absolute atomic E-state index is 0.0751. The van der Waals surface area contributed by atoms with Crippen molar-refractivity contribution in [1.29, 1.82) is 0 Å². The third-order valence-corrected chi connectivity index (χ3v) is 4.02. The lowest BCUT2D eigenvalue weighted by molar-refractivity contribution is 0.0181. The van der Waals surface area contributed by atoms with Crippen LogP contribution in [0.1, 0.15) is 0 Å². The summed E-state index contributed by atoms with van der Waals surface area (Å²) in [5, 5.41) is 0. The first-order chi connectivity index (χ1) is 10.9. The largest absolute Gasteiger partial charge is 0.485 e. The molecule has 0 aliphatic carbocycles. The summed E-state index contributed by atoms with van der Waals surface area (Å²) >= 11 is 0. The Hall–Kier alpha value is -2.04. The molecule has 0 spiro atoms. The summed E-state index contributed by atoms with van der Waals surface area (Å²) in [5.74, 6) is 1.68. The van der Waals surface area contributed by atoms with Crippen LogP contribution >= 0.6 is 0 Å². The average Bonchev–Trinajstić information content (AvgIpc) is 3.14. The Bertz CT molecular complexity index is 545. The summed E-state index contributed by atoms with van der Waals surface area (Å²) in [7, 11) is 0. The third kappa shape index (κ3) is 2.67. The summed E-state index contributed by atoms with van der Waals surface area (Å²) in [6, 6.07) is 19.5. The molecule has 4 rings (SSSR count). The van der Waals surface area contributed by atoms with Crippen LogP contribution in [0.25, 0.3) is 0 Å². The molecule has 4 heteroatoms. The monoisotopic (exact) mass is 298 g/mol. The Kier molecular flexibility index (Phi) is 3.70. The number of hydrogen-bond donors (Lipinski definition) is 0. The van der Waals surface area contributed by atoms with Crippen LogP contribution in [0.3, 0.4) is 0 Å². The van der Waals surface area contributed by atoms with Crippen molar-refractivity contribution < 1.29 is 18.9 Å². The maximum absolute atomic E-state index is 5.98. The van der Waals surface area contributed by atoms with Crippen molar-refractivity contribution in [3.8, 4) is 11.5 Å². The lowest BCUT2D eigenvalue weighted by atomic mass is 10.1. The van der Waals surface area contributed by atoms with Gasteiger partial charge in [-0.2, -0.15) is 0 Å². The van der Waals surface area contributed by atoms with Crippen LogP contribution in [0.15, 0.2) is 60.7 Å². The number of para-hydroxylation sites is 2. The van der Waals surface area contributed by atoms with Gasteiger partial charge in [-0.25, -0.2) is 0 Å². The number of ether oxygens (including phenoxy) is 4. The summed E-state index contributed by atoms with van der Waals surface area (Å²) in [6.07, 6.45) is -0.323. The van der Waals surface area contributed by atoms with Crippen molar-refractivity contribution in [1.82, 2.24) is 0 Å². The van der Waals surface area contributed by atoms with Gasteiger partial charge in [0.15, 0.2) is 12.2 Å². The second-order valence-corrected chi connectivity index (χ2v) is 5.53. The lowest BCUT2D eigenvalue weighted by Crippen LogP contribution is -2.36. The van der Waals surface area contributed by atoms with Crippen LogP contribution in [0.4, 0.5) is 0 Å². The van der Waals surface area contributed by atoms with E-state index in [2.05, 4.69) is 0 Å². The fourth-order valence-corrected chi connectivity index (χ4v) is 2.98. The van der Waals surface area contributed by atoms with E-state index < -0.39 is 0 Å². The van der Waals surface area contributed by atoms with Crippen molar-refractivity contribution in [3.63, 3.8) is 0 Å². The van der Waals surface area contributed by atoms with E-state index in [9.17, 15) is 0 Å². The van der Waals surface area contributed by atoms with Gasteiger partial charge in [0.05, 0.1) is 13.2 Å². The van der Waals surface area contributed by atoms with E-state index in [-0.39, 0.29) is 24.4 Å². The van der Waals surface area contributed by atoms with Crippen LogP contribution in [-0.4, -0.2) is 37.6 Å². The Morgan fingerprint density at radius 2 is 1.05 bits per heavy atom. The second kappa shape index (κ2) is 5.99. The maximum atomic E-state index is 5.98. The summed E-state index contributed by atoms with van der Waals surface area (Å²) < 4.78 is 23.7. The van der Waals surface area contributed by atoms with Crippen molar-refractivity contribution in [2.75, 3.05) is 13.2 Å². The highest BCUT2D eigenvalue weighted by atomic mass is 16.6. The molecule has 0 aromatic heterocycles. The second-order valence-electron chi connectivity index (χ2n) is 5.53. The average molecular weight is 298 g/mol. The first-order valence-electron chi connectivity index (χ1n) is 7.57. The molecule has 0 bridgehead atoms. The molecule has 0 amide bonds. The number of rotatable bonds is 4. The molecule has 114 valence electrons. The Balaban J connectivity index is 1.41. The Morgan fingerprint density at radius 1 is 0.636 bits per heavy atom. The van der Waals surface area contributed by atoms with E-state index in [4.69, 9.17) is 18.9 Å². The molecule has 2 heterocycles. The van der Waals surface area contributed by atoms with Crippen LogP contribution in [-0.2, 0) is 9.47 Å². The first kappa shape index (κ1) is 13.6. The maximum Gasteiger partial charge on any atom is 0.151 e. The van der Waals surface area contributed by atoms with Gasteiger partial charge in [0.2, 0.25) is 0 Å². The fraction of sp³-hybridized carbons (Fsp3) is 0.333. The van der Waals surface area contributed by atoms with Gasteiger partial charge >= 0.3 is 0 Å². The number of hydrogen-bond acceptors (Lipinski definition) is 4. The van der Waals surface area contributed by atoms with Gasteiger partial charge in [0.25, 0.3) is 0 Å². The molecular weight excluding hydrogens is 280 g/mol. The zero-order valence-corrected chi connectivity index (χ0v) is 12.1. The predicted molar refractivity (Wildman–Crippen MR) is 81.2 cm³/mol. The van der Waals surface area contributed by atoms with Gasteiger partial charge in [-0.3, -0.25) is 0 Å². The van der Waals surface area contributed by atoms with Gasteiger partial charge in [0, 0.05) is 0 Å². The van der Waals surface area contributed by atoms with Crippen molar-refractivity contribution in [2.24, 2.45) is 0 Å². The zero-order valence-electron chi connectivity index (χ0n) is 12.1. The SMILES string of the molecule is c1ccc(OC2CO[C@H]3C2OC[C@H]3Oc2ccccc2)cc1. The van der Waals surface area contributed by atoms with E-state index in [0.29, 0.717) is 13.2 Å². The quantitative estimate of drug-likeness (QED) is 0.869. The zero-order chi connectivity index (χ0) is 14.8.